The van der Waals surface area contributed by atoms with E-state index < -0.39 is 0 Å². The summed E-state index contributed by atoms with van der Waals surface area (Å²) in [5.41, 5.74) is 0. The maximum Gasteiger partial charge on any atom is 0.330 e. The minimum Gasteiger partial charge on any atom is -0.466 e. The van der Waals surface area contributed by atoms with Gasteiger partial charge in [0.1, 0.15) is 0 Å². The summed E-state index contributed by atoms with van der Waals surface area (Å²) in [6, 6.07) is 10.1. The van der Waals surface area contributed by atoms with Gasteiger partial charge in [-0.2, -0.15) is 0 Å². The number of ether oxygens (including phenoxy) is 1. The van der Waals surface area contributed by atoms with Crippen molar-refractivity contribution >= 4 is 17.7 Å². The Morgan fingerprint density at radius 3 is 2.67 bits per heavy atom. The Morgan fingerprint density at radius 1 is 1.40 bits per heavy atom. The molecule has 2 nitrogen and oxygen atoms in total. The second-order valence-corrected chi connectivity index (χ2v) is 4.47. The molecule has 80 valence electrons. The van der Waals surface area contributed by atoms with Gasteiger partial charge in [-0.15, -0.1) is 11.8 Å². The molecule has 15 heavy (non-hydrogen) atoms. The van der Waals surface area contributed by atoms with E-state index in [1.54, 1.807) is 11.8 Å². The van der Waals surface area contributed by atoms with Crippen LogP contribution in [0.1, 0.15) is 6.92 Å². The maximum atomic E-state index is 10.9. The number of benzene rings is 1. The zero-order valence-electron chi connectivity index (χ0n) is 8.84. The van der Waals surface area contributed by atoms with Crippen LogP contribution in [0.4, 0.5) is 0 Å². The minimum atomic E-state index is -0.310. The molecule has 0 aromatic heterocycles. The lowest BCUT2D eigenvalue weighted by molar-refractivity contribution is -0.134. The van der Waals surface area contributed by atoms with Crippen molar-refractivity contribution in [1.29, 1.82) is 0 Å². The van der Waals surface area contributed by atoms with E-state index in [1.807, 2.05) is 43.3 Å². The highest BCUT2D eigenvalue weighted by atomic mass is 32.2. The Kier molecular flexibility index (Phi) is 4.98. The molecule has 1 aromatic carbocycles. The van der Waals surface area contributed by atoms with Crippen LogP contribution in [-0.2, 0) is 9.53 Å². The van der Waals surface area contributed by atoms with E-state index in [-0.39, 0.29) is 11.2 Å². The molecule has 3 heteroatoms. The molecular formula is C12H14O2S. The van der Waals surface area contributed by atoms with Crippen molar-refractivity contribution in [2.24, 2.45) is 0 Å². The first kappa shape index (κ1) is 11.9. The minimum absolute atomic E-state index is 0.256. The fraction of sp³-hybridized carbons (Fsp3) is 0.250. The molecule has 0 aliphatic rings. The van der Waals surface area contributed by atoms with Crippen LogP contribution in [0.5, 0.6) is 0 Å². The molecule has 0 amide bonds. The van der Waals surface area contributed by atoms with Gasteiger partial charge in [-0.25, -0.2) is 4.79 Å². The highest BCUT2D eigenvalue weighted by Gasteiger charge is 2.00. The van der Waals surface area contributed by atoms with Gasteiger partial charge in [0.2, 0.25) is 0 Å². The molecule has 0 heterocycles. The van der Waals surface area contributed by atoms with Crippen molar-refractivity contribution in [3.63, 3.8) is 0 Å². The third kappa shape index (κ3) is 4.70. The standard InChI is InChI=1S/C12H14O2S/c1-10(8-9-12(13)14-2)15-11-6-4-3-5-7-11/h3-10H,1-2H3. The van der Waals surface area contributed by atoms with E-state index >= 15 is 0 Å². The quantitative estimate of drug-likeness (QED) is 0.445. The lowest BCUT2D eigenvalue weighted by atomic mass is 10.4. The van der Waals surface area contributed by atoms with Gasteiger partial charge in [0.25, 0.3) is 0 Å². The summed E-state index contributed by atoms with van der Waals surface area (Å²) in [7, 11) is 1.38. The SMILES string of the molecule is COC(=O)C=CC(C)Sc1ccccc1. The van der Waals surface area contributed by atoms with Crippen molar-refractivity contribution < 1.29 is 9.53 Å². The van der Waals surface area contributed by atoms with Gasteiger partial charge in [-0.3, -0.25) is 0 Å². The van der Waals surface area contributed by atoms with Crippen molar-refractivity contribution in [3.8, 4) is 0 Å². The van der Waals surface area contributed by atoms with Crippen LogP contribution in [0.3, 0.4) is 0 Å². The molecule has 1 aromatic rings. The molecule has 0 aliphatic heterocycles. The van der Waals surface area contributed by atoms with Crippen LogP contribution >= 0.6 is 11.8 Å². The van der Waals surface area contributed by atoms with Crippen molar-refractivity contribution in [3.05, 3.63) is 42.5 Å². The summed E-state index contributed by atoms with van der Waals surface area (Å²) >= 11 is 1.70. The van der Waals surface area contributed by atoms with E-state index in [9.17, 15) is 4.79 Å². The predicted octanol–water partition coefficient (Wildman–Crippen LogP) is 2.90. The third-order valence-corrected chi connectivity index (χ3v) is 2.84. The second-order valence-electron chi connectivity index (χ2n) is 3.02. The van der Waals surface area contributed by atoms with Gasteiger partial charge >= 0.3 is 5.97 Å². The first-order valence-electron chi connectivity index (χ1n) is 4.70. The molecule has 0 saturated carbocycles. The highest BCUT2D eigenvalue weighted by molar-refractivity contribution is 8.00. The molecule has 1 unspecified atom stereocenters. The van der Waals surface area contributed by atoms with Crippen LogP contribution in [-0.4, -0.2) is 18.3 Å². The summed E-state index contributed by atoms with van der Waals surface area (Å²) in [4.78, 5) is 12.0. The molecule has 0 radical (unpaired) electrons. The number of carbonyl (C=O) groups excluding carboxylic acids is 1. The molecule has 0 fully saturated rings. The zero-order chi connectivity index (χ0) is 11.1. The Balaban J connectivity index is 2.46. The maximum absolute atomic E-state index is 10.9. The fourth-order valence-electron chi connectivity index (χ4n) is 1.04. The molecule has 1 atom stereocenters. The van der Waals surface area contributed by atoms with E-state index in [0.717, 1.165) is 0 Å². The topological polar surface area (TPSA) is 26.3 Å². The summed E-state index contributed by atoms with van der Waals surface area (Å²) in [6.45, 7) is 2.04. The van der Waals surface area contributed by atoms with Gasteiger partial charge in [0.15, 0.2) is 0 Å². The van der Waals surface area contributed by atoms with Gasteiger partial charge < -0.3 is 4.74 Å². The smallest absolute Gasteiger partial charge is 0.330 e. The molecular weight excluding hydrogens is 208 g/mol. The summed E-state index contributed by atoms with van der Waals surface area (Å²) in [6.07, 6.45) is 3.30. The Labute approximate surface area is 94.3 Å². The predicted molar refractivity (Wildman–Crippen MR) is 62.9 cm³/mol. The third-order valence-electron chi connectivity index (χ3n) is 1.77. The molecule has 0 aliphatic carbocycles. The normalized spacial score (nSPS) is 12.7. The van der Waals surface area contributed by atoms with Crippen LogP contribution in [0, 0.1) is 0 Å². The number of methoxy groups -OCH3 is 1. The van der Waals surface area contributed by atoms with E-state index in [4.69, 9.17) is 0 Å². The lowest BCUT2D eigenvalue weighted by Crippen LogP contribution is -1.97. The molecule has 0 N–H and O–H groups in total. The molecule has 0 spiro atoms. The Hall–Kier alpha value is -1.22. The number of hydrogen-bond acceptors (Lipinski definition) is 3. The second kappa shape index (κ2) is 6.30. The molecule has 0 bridgehead atoms. The monoisotopic (exact) mass is 222 g/mol. The van der Waals surface area contributed by atoms with Gasteiger partial charge in [0.05, 0.1) is 7.11 Å². The average Bonchev–Trinajstić information content (AvgIpc) is 2.27. The van der Waals surface area contributed by atoms with Gasteiger partial charge in [-0.05, 0) is 19.1 Å². The number of esters is 1. The van der Waals surface area contributed by atoms with Crippen LogP contribution in [0.2, 0.25) is 0 Å². The summed E-state index contributed by atoms with van der Waals surface area (Å²) < 4.78 is 4.52. The van der Waals surface area contributed by atoms with Crippen molar-refractivity contribution in [1.82, 2.24) is 0 Å². The average molecular weight is 222 g/mol. The van der Waals surface area contributed by atoms with Crippen LogP contribution in [0.25, 0.3) is 0 Å². The number of carbonyl (C=O) groups is 1. The number of rotatable bonds is 4. The Bertz CT molecular complexity index is 333. The number of hydrogen-bond donors (Lipinski definition) is 0. The Morgan fingerprint density at radius 2 is 2.07 bits per heavy atom. The van der Waals surface area contributed by atoms with Crippen molar-refractivity contribution in [2.75, 3.05) is 7.11 Å². The summed E-state index contributed by atoms with van der Waals surface area (Å²) in [5, 5.41) is 0.256. The first-order chi connectivity index (χ1) is 7.22. The molecule has 1 rings (SSSR count). The van der Waals surface area contributed by atoms with Crippen LogP contribution in [0.15, 0.2) is 47.4 Å². The largest absolute Gasteiger partial charge is 0.466 e. The van der Waals surface area contributed by atoms with Gasteiger partial charge in [-0.1, -0.05) is 24.3 Å². The van der Waals surface area contributed by atoms with E-state index in [2.05, 4.69) is 4.74 Å². The lowest BCUT2D eigenvalue weighted by Gasteiger charge is -2.05. The highest BCUT2D eigenvalue weighted by Crippen LogP contribution is 2.23. The number of thioether (sulfide) groups is 1. The molecule has 0 saturated heterocycles. The summed E-state index contributed by atoms with van der Waals surface area (Å²) in [5.74, 6) is -0.310. The van der Waals surface area contributed by atoms with E-state index in [1.165, 1.54) is 18.1 Å². The fourth-order valence-corrected chi connectivity index (χ4v) is 1.94. The first-order valence-corrected chi connectivity index (χ1v) is 5.58. The van der Waals surface area contributed by atoms with Crippen LogP contribution < -0.4 is 0 Å². The van der Waals surface area contributed by atoms with E-state index in [0.29, 0.717) is 0 Å². The van der Waals surface area contributed by atoms with Crippen molar-refractivity contribution in [2.45, 2.75) is 17.1 Å². The van der Waals surface area contributed by atoms with Gasteiger partial charge in [0, 0.05) is 16.2 Å². The zero-order valence-corrected chi connectivity index (χ0v) is 9.66.